The fourth-order valence-electron chi connectivity index (χ4n) is 1.30. The molecule has 80 valence electrons. The molecule has 0 bridgehead atoms. The molecule has 1 heterocycles. The highest BCUT2D eigenvalue weighted by atomic mass is 28.3. The molecule has 0 fully saturated rings. The van der Waals surface area contributed by atoms with E-state index in [1.54, 1.807) is 12.4 Å². The largest absolute Gasteiger partial charge is 0.253 e. The first kappa shape index (κ1) is 10.8. The standard InChI is InChI=1S/C13H14N2Si/c1-16(2,3)9-6-11-4-5-12-13(10-11)15-8-7-14-12/h4-5,7-8,10H,1-3H3. The van der Waals surface area contributed by atoms with Crippen LogP contribution >= 0.6 is 0 Å². The van der Waals surface area contributed by atoms with E-state index in [2.05, 4.69) is 41.1 Å². The maximum atomic E-state index is 4.27. The van der Waals surface area contributed by atoms with Gasteiger partial charge in [0.05, 0.1) is 11.0 Å². The predicted octanol–water partition coefficient (Wildman–Crippen LogP) is 2.86. The fourth-order valence-corrected chi connectivity index (χ4v) is 1.82. The molecule has 16 heavy (non-hydrogen) atoms. The van der Waals surface area contributed by atoms with Gasteiger partial charge in [-0.05, 0) is 18.2 Å². The summed E-state index contributed by atoms with van der Waals surface area (Å²) in [5.41, 5.74) is 6.19. The van der Waals surface area contributed by atoms with Gasteiger partial charge in [-0.3, -0.25) is 9.97 Å². The third kappa shape index (κ3) is 2.68. The van der Waals surface area contributed by atoms with E-state index < -0.39 is 8.07 Å². The van der Waals surface area contributed by atoms with Gasteiger partial charge in [0.15, 0.2) is 0 Å². The van der Waals surface area contributed by atoms with Crippen molar-refractivity contribution in [1.82, 2.24) is 9.97 Å². The molecule has 0 radical (unpaired) electrons. The van der Waals surface area contributed by atoms with Crippen LogP contribution in [-0.4, -0.2) is 18.0 Å². The predicted molar refractivity (Wildman–Crippen MR) is 69.8 cm³/mol. The Hall–Kier alpha value is -1.66. The molecule has 3 heteroatoms. The van der Waals surface area contributed by atoms with Gasteiger partial charge in [0.2, 0.25) is 0 Å². The lowest BCUT2D eigenvalue weighted by atomic mass is 10.2. The van der Waals surface area contributed by atoms with Gasteiger partial charge in [-0.1, -0.05) is 25.6 Å². The second-order valence-corrected chi connectivity index (χ2v) is 9.51. The van der Waals surface area contributed by atoms with E-state index in [0.717, 1.165) is 16.6 Å². The molecule has 0 saturated carbocycles. The lowest BCUT2D eigenvalue weighted by Crippen LogP contribution is -2.16. The number of fused-ring (bicyclic) bond motifs is 1. The zero-order valence-corrected chi connectivity index (χ0v) is 10.8. The average Bonchev–Trinajstić information content (AvgIpc) is 2.25. The summed E-state index contributed by atoms with van der Waals surface area (Å²) < 4.78 is 0. The van der Waals surface area contributed by atoms with Crippen molar-refractivity contribution < 1.29 is 0 Å². The van der Waals surface area contributed by atoms with Crippen LogP contribution in [0.15, 0.2) is 30.6 Å². The number of benzene rings is 1. The number of aromatic nitrogens is 2. The van der Waals surface area contributed by atoms with Crippen LogP contribution < -0.4 is 0 Å². The van der Waals surface area contributed by atoms with Crippen molar-refractivity contribution in [2.24, 2.45) is 0 Å². The smallest absolute Gasteiger partial charge is 0.129 e. The quantitative estimate of drug-likeness (QED) is 0.510. The van der Waals surface area contributed by atoms with Crippen molar-refractivity contribution in [3.8, 4) is 11.5 Å². The van der Waals surface area contributed by atoms with Crippen LogP contribution in [0.25, 0.3) is 11.0 Å². The van der Waals surface area contributed by atoms with Crippen molar-refractivity contribution in [1.29, 1.82) is 0 Å². The second-order valence-electron chi connectivity index (χ2n) is 4.76. The molecular formula is C13H14N2Si. The van der Waals surface area contributed by atoms with E-state index in [-0.39, 0.29) is 0 Å². The first-order chi connectivity index (χ1) is 7.54. The van der Waals surface area contributed by atoms with Crippen molar-refractivity contribution in [3.05, 3.63) is 36.2 Å². The molecule has 0 N–H and O–H groups in total. The third-order valence-electron chi connectivity index (χ3n) is 2.05. The molecule has 0 amide bonds. The Bertz CT molecular complexity index is 573. The topological polar surface area (TPSA) is 25.8 Å². The van der Waals surface area contributed by atoms with Crippen LogP contribution in [-0.2, 0) is 0 Å². The summed E-state index contributed by atoms with van der Waals surface area (Å²) in [6, 6.07) is 5.97. The van der Waals surface area contributed by atoms with E-state index in [9.17, 15) is 0 Å². The van der Waals surface area contributed by atoms with E-state index in [1.807, 2.05) is 18.2 Å². The van der Waals surface area contributed by atoms with Crippen molar-refractivity contribution in [2.45, 2.75) is 19.6 Å². The van der Waals surface area contributed by atoms with Gasteiger partial charge >= 0.3 is 0 Å². The molecule has 1 aromatic carbocycles. The second kappa shape index (κ2) is 4.07. The molecule has 0 atom stereocenters. The molecule has 0 aliphatic heterocycles. The van der Waals surface area contributed by atoms with Gasteiger partial charge in [0.25, 0.3) is 0 Å². The minimum Gasteiger partial charge on any atom is -0.253 e. The van der Waals surface area contributed by atoms with Gasteiger partial charge in [0, 0.05) is 18.0 Å². The summed E-state index contributed by atoms with van der Waals surface area (Å²) in [5.74, 6) is 3.22. The van der Waals surface area contributed by atoms with Crippen LogP contribution in [0, 0.1) is 11.5 Å². The van der Waals surface area contributed by atoms with Crippen molar-refractivity contribution >= 4 is 19.1 Å². The molecule has 0 aliphatic carbocycles. The molecular weight excluding hydrogens is 212 g/mol. The SMILES string of the molecule is C[Si](C)(C)C#Cc1ccc2nccnc2c1. The van der Waals surface area contributed by atoms with Gasteiger partial charge in [-0.2, -0.15) is 0 Å². The Balaban J connectivity index is 2.43. The summed E-state index contributed by atoms with van der Waals surface area (Å²) in [6.07, 6.45) is 3.41. The molecule has 2 aromatic rings. The maximum Gasteiger partial charge on any atom is 0.129 e. The van der Waals surface area contributed by atoms with E-state index in [1.165, 1.54) is 0 Å². The van der Waals surface area contributed by atoms with E-state index in [4.69, 9.17) is 0 Å². The molecule has 2 rings (SSSR count). The van der Waals surface area contributed by atoms with Crippen LogP contribution in [0.3, 0.4) is 0 Å². The molecule has 0 saturated heterocycles. The number of nitrogens with zero attached hydrogens (tertiary/aromatic N) is 2. The Morgan fingerprint density at radius 1 is 1.00 bits per heavy atom. The zero-order valence-electron chi connectivity index (χ0n) is 9.78. The lowest BCUT2D eigenvalue weighted by Gasteiger charge is -2.03. The Morgan fingerprint density at radius 2 is 1.69 bits per heavy atom. The Labute approximate surface area is 96.8 Å². The minimum atomic E-state index is -1.30. The van der Waals surface area contributed by atoms with Gasteiger partial charge in [0.1, 0.15) is 8.07 Å². The summed E-state index contributed by atoms with van der Waals surface area (Å²) >= 11 is 0. The zero-order chi connectivity index (χ0) is 11.6. The summed E-state index contributed by atoms with van der Waals surface area (Å²) in [7, 11) is -1.30. The van der Waals surface area contributed by atoms with Crippen molar-refractivity contribution in [2.75, 3.05) is 0 Å². The van der Waals surface area contributed by atoms with E-state index >= 15 is 0 Å². The summed E-state index contributed by atoms with van der Waals surface area (Å²) in [6.45, 7) is 6.71. The Kier molecular flexibility index (Phi) is 2.76. The maximum absolute atomic E-state index is 4.27. The van der Waals surface area contributed by atoms with Gasteiger partial charge in [-0.15, -0.1) is 5.54 Å². The van der Waals surface area contributed by atoms with Crippen LogP contribution in [0.5, 0.6) is 0 Å². The average molecular weight is 226 g/mol. The molecule has 1 aromatic heterocycles. The first-order valence-corrected chi connectivity index (χ1v) is 8.78. The normalized spacial score (nSPS) is 10.9. The highest BCUT2D eigenvalue weighted by Gasteiger charge is 2.07. The van der Waals surface area contributed by atoms with Crippen LogP contribution in [0.4, 0.5) is 0 Å². The number of hydrogen-bond acceptors (Lipinski definition) is 2. The summed E-state index contributed by atoms with van der Waals surface area (Å²) in [5, 5.41) is 0. The number of hydrogen-bond donors (Lipinski definition) is 0. The van der Waals surface area contributed by atoms with E-state index in [0.29, 0.717) is 0 Å². The van der Waals surface area contributed by atoms with Gasteiger partial charge < -0.3 is 0 Å². The Morgan fingerprint density at radius 3 is 2.38 bits per heavy atom. The lowest BCUT2D eigenvalue weighted by molar-refractivity contribution is 1.29. The summed E-state index contributed by atoms with van der Waals surface area (Å²) in [4.78, 5) is 8.50. The van der Waals surface area contributed by atoms with Gasteiger partial charge in [-0.25, -0.2) is 0 Å². The molecule has 0 aliphatic rings. The van der Waals surface area contributed by atoms with Crippen LogP contribution in [0.2, 0.25) is 19.6 Å². The molecule has 0 unspecified atom stereocenters. The molecule has 2 nitrogen and oxygen atoms in total. The minimum absolute atomic E-state index is 0.907. The fraction of sp³-hybridized carbons (Fsp3) is 0.231. The first-order valence-electron chi connectivity index (χ1n) is 5.28. The third-order valence-corrected chi connectivity index (χ3v) is 2.93. The monoisotopic (exact) mass is 226 g/mol. The highest BCUT2D eigenvalue weighted by molar-refractivity contribution is 6.83. The van der Waals surface area contributed by atoms with Crippen molar-refractivity contribution in [3.63, 3.8) is 0 Å². The van der Waals surface area contributed by atoms with Crippen LogP contribution in [0.1, 0.15) is 5.56 Å². The number of rotatable bonds is 0. The highest BCUT2D eigenvalue weighted by Crippen LogP contribution is 2.10. The molecule has 0 spiro atoms.